The molecule has 0 saturated carbocycles. The maximum atomic E-state index is 11.3. The summed E-state index contributed by atoms with van der Waals surface area (Å²) >= 11 is 0. The Morgan fingerprint density at radius 2 is 1.93 bits per heavy atom. The summed E-state index contributed by atoms with van der Waals surface area (Å²) in [5.41, 5.74) is 0. The van der Waals surface area contributed by atoms with Crippen molar-refractivity contribution in [2.75, 3.05) is 7.05 Å². The van der Waals surface area contributed by atoms with Crippen LogP contribution in [0.3, 0.4) is 0 Å². The van der Waals surface area contributed by atoms with E-state index in [0.717, 1.165) is 0 Å². The number of hydrogen-bond donors (Lipinski definition) is 1. The van der Waals surface area contributed by atoms with E-state index in [1.54, 1.807) is 24.3 Å². The van der Waals surface area contributed by atoms with Crippen LogP contribution >= 0.6 is 0 Å². The molecule has 15 heavy (non-hydrogen) atoms. The molecule has 0 bridgehead atoms. The molecule has 1 fully saturated rings. The van der Waals surface area contributed by atoms with Crippen LogP contribution in [-0.2, 0) is 4.79 Å². The van der Waals surface area contributed by atoms with Crippen molar-refractivity contribution in [1.29, 1.82) is 0 Å². The molecule has 5 nitrogen and oxygen atoms in total. The van der Waals surface area contributed by atoms with E-state index in [9.17, 15) is 9.59 Å². The molecule has 3 amide bonds. The summed E-state index contributed by atoms with van der Waals surface area (Å²) in [6, 6.07) is 8.44. The lowest BCUT2D eigenvalue weighted by atomic mass is 10.3. The number of urea groups is 1. The van der Waals surface area contributed by atoms with Crippen molar-refractivity contribution in [1.82, 2.24) is 10.2 Å². The highest BCUT2D eigenvalue weighted by Crippen LogP contribution is 2.14. The van der Waals surface area contributed by atoms with E-state index >= 15 is 0 Å². The van der Waals surface area contributed by atoms with Crippen molar-refractivity contribution in [2.45, 2.75) is 6.23 Å². The Labute approximate surface area is 86.6 Å². The molecule has 1 aromatic carbocycles. The van der Waals surface area contributed by atoms with Gasteiger partial charge in [-0.3, -0.25) is 15.0 Å². The van der Waals surface area contributed by atoms with Crippen LogP contribution < -0.4 is 10.1 Å². The number of nitrogens with zero attached hydrogens (tertiary/aromatic N) is 1. The molecule has 1 saturated heterocycles. The summed E-state index contributed by atoms with van der Waals surface area (Å²) in [4.78, 5) is 23.6. The van der Waals surface area contributed by atoms with E-state index in [1.807, 2.05) is 6.07 Å². The van der Waals surface area contributed by atoms with Gasteiger partial charge in [-0.25, -0.2) is 4.79 Å². The molecule has 0 aliphatic carbocycles. The second-order valence-electron chi connectivity index (χ2n) is 3.19. The number of rotatable bonds is 2. The van der Waals surface area contributed by atoms with Crippen molar-refractivity contribution < 1.29 is 14.3 Å². The number of nitrogens with one attached hydrogen (secondary N) is 1. The van der Waals surface area contributed by atoms with Gasteiger partial charge in [0.25, 0.3) is 12.1 Å². The lowest BCUT2D eigenvalue weighted by Crippen LogP contribution is -2.36. The van der Waals surface area contributed by atoms with Crippen LogP contribution in [0.2, 0.25) is 0 Å². The first kappa shape index (κ1) is 9.51. The highest BCUT2D eigenvalue weighted by Gasteiger charge is 2.37. The average Bonchev–Trinajstić information content (AvgIpc) is 2.47. The van der Waals surface area contributed by atoms with Gasteiger partial charge in [0.05, 0.1) is 0 Å². The summed E-state index contributed by atoms with van der Waals surface area (Å²) < 4.78 is 5.36. The third-order valence-electron chi connectivity index (χ3n) is 2.12. The topological polar surface area (TPSA) is 58.6 Å². The molecule has 1 aromatic rings. The molecule has 1 atom stereocenters. The Morgan fingerprint density at radius 3 is 2.47 bits per heavy atom. The van der Waals surface area contributed by atoms with Crippen LogP contribution in [0.1, 0.15) is 0 Å². The predicted octanol–water partition coefficient (Wildman–Crippen LogP) is 0.573. The zero-order valence-electron chi connectivity index (χ0n) is 8.14. The fraction of sp³-hybridized carbons (Fsp3) is 0.200. The summed E-state index contributed by atoms with van der Waals surface area (Å²) in [7, 11) is 1.51. The molecule has 1 unspecified atom stereocenters. The first-order valence-electron chi connectivity index (χ1n) is 4.48. The van der Waals surface area contributed by atoms with E-state index < -0.39 is 18.2 Å². The lowest BCUT2D eigenvalue weighted by Gasteiger charge is -2.17. The SMILES string of the molecule is CN1C(=O)NC(=O)C1Oc1ccccc1. The lowest BCUT2D eigenvalue weighted by molar-refractivity contribution is -0.128. The number of ether oxygens (including phenoxy) is 1. The van der Waals surface area contributed by atoms with Gasteiger partial charge in [0.15, 0.2) is 0 Å². The smallest absolute Gasteiger partial charge is 0.327 e. The quantitative estimate of drug-likeness (QED) is 0.720. The van der Waals surface area contributed by atoms with E-state index in [2.05, 4.69) is 5.32 Å². The monoisotopic (exact) mass is 206 g/mol. The van der Waals surface area contributed by atoms with Crippen molar-refractivity contribution in [3.05, 3.63) is 30.3 Å². The zero-order chi connectivity index (χ0) is 10.8. The van der Waals surface area contributed by atoms with Gasteiger partial charge in [-0.05, 0) is 12.1 Å². The van der Waals surface area contributed by atoms with Gasteiger partial charge in [-0.15, -0.1) is 0 Å². The molecule has 78 valence electrons. The Kier molecular flexibility index (Phi) is 2.29. The van der Waals surface area contributed by atoms with Crippen molar-refractivity contribution in [2.24, 2.45) is 0 Å². The second-order valence-corrected chi connectivity index (χ2v) is 3.19. The first-order chi connectivity index (χ1) is 7.18. The van der Waals surface area contributed by atoms with Gasteiger partial charge in [0.1, 0.15) is 5.75 Å². The number of amides is 3. The number of carbonyl (C=O) groups is 2. The number of para-hydroxylation sites is 1. The van der Waals surface area contributed by atoms with E-state index in [1.165, 1.54) is 11.9 Å². The minimum absolute atomic E-state index is 0.439. The number of benzene rings is 1. The maximum absolute atomic E-state index is 11.3. The Bertz CT molecular complexity index is 391. The average molecular weight is 206 g/mol. The van der Waals surface area contributed by atoms with Gasteiger partial charge in [0, 0.05) is 7.05 Å². The summed E-state index contributed by atoms with van der Waals surface area (Å²) in [5.74, 6) is 0.116. The largest absolute Gasteiger partial charge is 0.461 e. The Morgan fingerprint density at radius 1 is 1.27 bits per heavy atom. The van der Waals surface area contributed by atoms with Gasteiger partial charge in [-0.1, -0.05) is 18.2 Å². The highest BCUT2D eigenvalue weighted by atomic mass is 16.5. The van der Waals surface area contributed by atoms with Gasteiger partial charge in [-0.2, -0.15) is 0 Å². The van der Waals surface area contributed by atoms with Crippen LogP contribution in [-0.4, -0.2) is 30.1 Å². The van der Waals surface area contributed by atoms with E-state index in [-0.39, 0.29) is 0 Å². The zero-order valence-corrected chi connectivity index (χ0v) is 8.14. The molecular formula is C10H10N2O3. The molecule has 0 aromatic heterocycles. The van der Waals surface area contributed by atoms with Crippen molar-refractivity contribution >= 4 is 11.9 Å². The van der Waals surface area contributed by atoms with Crippen LogP contribution in [0, 0.1) is 0 Å². The highest BCUT2D eigenvalue weighted by molar-refractivity contribution is 6.03. The van der Waals surface area contributed by atoms with Crippen LogP contribution in [0.4, 0.5) is 4.79 Å². The minimum Gasteiger partial charge on any atom is -0.461 e. The van der Waals surface area contributed by atoms with Gasteiger partial charge >= 0.3 is 6.03 Å². The molecule has 0 radical (unpaired) electrons. The Hall–Kier alpha value is -2.04. The predicted molar refractivity (Wildman–Crippen MR) is 52.2 cm³/mol. The third kappa shape index (κ3) is 1.76. The molecule has 0 spiro atoms. The van der Waals surface area contributed by atoms with Gasteiger partial charge < -0.3 is 4.74 Å². The summed E-state index contributed by atoms with van der Waals surface area (Å²) in [6.07, 6.45) is -0.875. The molecule has 5 heteroatoms. The molecule has 2 rings (SSSR count). The number of imide groups is 1. The summed E-state index contributed by atoms with van der Waals surface area (Å²) in [6.45, 7) is 0. The molecule has 1 aliphatic heterocycles. The molecular weight excluding hydrogens is 196 g/mol. The minimum atomic E-state index is -0.875. The van der Waals surface area contributed by atoms with Crippen LogP contribution in [0.5, 0.6) is 5.75 Å². The summed E-state index contributed by atoms with van der Waals surface area (Å²) in [5, 5.41) is 2.16. The van der Waals surface area contributed by atoms with Crippen molar-refractivity contribution in [3.8, 4) is 5.75 Å². The Balaban J connectivity index is 2.13. The number of hydrogen-bond acceptors (Lipinski definition) is 3. The second kappa shape index (κ2) is 3.61. The molecule has 1 N–H and O–H groups in total. The fourth-order valence-corrected chi connectivity index (χ4v) is 1.30. The van der Waals surface area contributed by atoms with Gasteiger partial charge in [0.2, 0.25) is 0 Å². The molecule has 1 aliphatic rings. The normalized spacial score (nSPS) is 20.3. The molecule has 1 heterocycles. The van der Waals surface area contributed by atoms with E-state index in [4.69, 9.17) is 4.74 Å². The number of carbonyl (C=O) groups excluding carboxylic acids is 2. The maximum Gasteiger partial charge on any atom is 0.327 e. The van der Waals surface area contributed by atoms with Crippen LogP contribution in [0.25, 0.3) is 0 Å². The standard InChI is InChI=1S/C10H10N2O3/c1-12-9(8(13)11-10(12)14)15-7-5-3-2-4-6-7/h2-6,9H,1H3,(H,11,13,14). The van der Waals surface area contributed by atoms with E-state index in [0.29, 0.717) is 5.75 Å². The van der Waals surface area contributed by atoms with Crippen molar-refractivity contribution in [3.63, 3.8) is 0 Å². The first-order valence-corrected chi connectivity index (χ1v) is 4.48. The van der Waals surface area contributed by atoms with Crippen LogP contribution in [0.15, 0.2) is 30.3 Å². The number of likely N-dealkylation sites (N-methyl/N-ethyl adjacent to an activating group) is 1. The third-order valence-corrected chi connectivity index (χ3v) is 2.12. The fourth-order valence-electron chi connectivity index (χ4n) is 1.30.